The molecule has 3 aromatic rings. The molecule has 0 atom stereocenters. The lowest BCUT2D eigenvalue weighted by Crippen LogP contribution is -2.27. The van der Waals surface area contributed by atoms with E-state index in [4.69, 9.17) is 4.74 Å². The summed E-state index contributed by atoms with van der Waals surface area (Å²) in [6.07, 6.45) is 1.45. The first-order chi connectivity index (χ1) is 12.8. The second kappa shape index (κ2) is 7.15. The molecule has 1 aromatic heterocycles. The van der Waals surface area contributed by atoms with Crippen molar-refractivity contribution in [3.05, 3.63) is 80.1 Å². The van der Waals surface area contributed by atoms with Crippen molar-refractivity contribution in [1.82, 2.24) is 9.55 Å². The van der Waals surface area contributed by atoms with Gasteiger partial charge in [0.25, 0.3) is 5.56 Å². The summed E-state index contributed by atoms with van der Waals surface area (Å²) >= 11 is 0. The van der Waals surface area contributed by atoms with Gasteiger partial charge in [0.2, 0.25) is 0 Å². The standard InChI is InChI=1S/C21H22N2O4/c1-12(2)17-11-16(5-6-18(17)24)27-20-13(3)9-15(10-14(20)4)23-8-7-19(25)22-21(23)26/h5-12,24H,1-4H3,(H,22,25,26). The monoisotopic (exact) mass is 366 g/mol. The second-order valence-electron chi connectivity index (χ2n) is 6.87. The van der Waals surface area contributed by atoms with Crippen LogP contribution in [0.15, 0.2) is 52.2 Å². The Kier molecular flexibility index (Phi) is 4.90. The molecule has 3 rings (SSSR count). The number of benzene rings is 2. The fraction of sp³-hybridized carbons (Fsp3) is 0.238. The lowest BCUT2D eigenvalue weighted by atomic mass is 10.0. The topological polar surface area (TPSA) is 84.3 Å². The molecule has 0 bridgehead atoms. The fourth-order valence-corrected chi connectivity index (χ4v) is 3.02. The molecule has 0 spiro atoms. The van der Waals surface area contributed by atoms with E-state index in [1.54, 1.807) is 12.1 Å². The fourth-order valence-electron chi connectivity index (χ4n) is 3.02. The number of nitrogens with one attached hydrogen (secondary N) is 1. The third-order valence-corrected chi connectivity index (χ3v) is 4.39. The van der Waals surface area contributed by atoms with Crippen LogP contribution < -0.4 is 16.0 Å². The van der Waals surface area contributed by atoms with E-state index in [1.165, 1.54) is 16.8 Å². The van der Waals surface area contributed by atoms with Crippen LogP contribution in [0.25, 0.3) is 5.69 Å². The summed E-state index contributed by atoms with van der Waals surface area (Å²) in [4.78, 5) is 25.5. The van der Waals surface area contributed by atoms with Crippen LogP contribution in [0.4, 0.5) is 0 Å². The predicted octanol–water partition coefficient (Wildman–Crippen LogP) is 3.76. The first kappa shape index (κ1) is 18.5. The Morgan fingerprint density at radius 1 is 1.04 bits per heavy atom. The summed E-state index contributed by atoms with van der Waals surface area (Å²) in [7, 11) is 0. The first-order valence-corrected chi connectivity index (χ1v) is 8.70. The molecule has 0 aliphatic carbocycles. The van der Waals surface area contributed by atoms with Gasteiger partial charge >= 0.3 is 5.69 Å². The van der Waals surface area contributed by atoms with E-state index in [9.17, 15) is 14.7 Å². The van der Waals surface area contributed by atoms with Crippen molar-refractivity contribution in [3.63, 3.8) is 0 Å². The Balaban J connectivity index is 2.00. The summed E-state index contributed by atoms with van der Waals surface area (Å²) in [5.41, 5.74) is 2.24. The lowest BCUT2D eigenvalue weighted by Gasteiger charge is -2.16. The van der Waals surface area contributed by atoms with Gasteiger partial charge in [-0.05, 0) is 61.2 Å². The number of rotatable bonds is 4. The Hall–Kier alpha value is -3.28. The van der Waals surface area contributed by atoms with Crippen molar-refractivity contribution in [1.29, 1.82) is 0 Å². The van der Waals surface area contributed by atoms with Gasteiger partial charge in [-0.25, -0.2) is 4.79 Å². The first-order valence-electron chi connectivity index (χ1n) is 8.70. The van der Waals surface area contributed by atoms with Crippen LogP contribution in [0.5, 0.6) is 17.2 Å². The van der Waals surface area contributed by atoms with Crippen molar-refractivity contribution in [3.8, 4) is 22.9 Å². The van der Waals surface area contributed by atoms with E-state index < -0.39 is 11.2 Å². The van der Waals surface area contributed by atoms with Gasteiger partial charge in [-0.15, -0.1) is 0 Å². The predicted molar refractivity (Wildman–Crippen MR) is 104 cm³/mol. The van der Waals surface area contributed by atoms with Gasteiger partial charge in [-0.1, -0.05) is 13.8 Å². The largest absolute Gasteiger partial charge is 0.508 e. The smallest absolute Gasteiger partial charge is 0.332 e. The van der Waals surface area contributed by atoms with Crippen molar-refractivity contribution in [2.24, 2.45) is 0 Å². The molecule has 6 heteroatoms. The molecule has 0 saturated carbocycles. The van der Waals surface area contributed by atoms with Gasteiger partial charge in [0.1, 0.15) is 17.2 Å². The van der Waals surface area contributed by atoms with E-state index in [1.807, 2.05) is 45.9 Å². The molecule has 1 heterocycles. The minimum Gasteiger partial charge on any atom is -0.508 e. The number of ether oxygens (including phenoxy) is 1. The Labute approximate surface area is 156 Å². The Morgan fingerprint density at radius 2 is 1.70 bits per heavy atom. The zero-order chi connectivity index (χ0) is 19.7. The van der Waals surface area contributed by atoms with E-state index in [2.05, 4.69) is 4.98 Å². The molecule has 27 heavy (non-hydrogen) atoms. The third-order valence-electron chi connectivity index (χ3n) is 4.39. The van der Waals surface area contributed by atoms with E-state index in [0.29, 0.717) is 17.2 Å². The van der Waals surface area contributed by atoms with Gasteiger partial charge in [-0.3, -0.25) is 14.3 Å². The van der Waals surface area contributed by atoms with Gasteiger partial charge < -0.3 is 9.84 Å². The summed E-state index contributed by atoms with van der Waals surface area (Å²) in [5.74, 6) is 1.75. The zero-order valence-electron chi connectivity index (χ0n) is 15.7. The van der Waals surface area contributed by atoms with Crippen LogP contribution in [0.3, 0.4) is 0 Å². The van der Waals surface area contributed by atoms with Gasteiger partial charge in [-0.2, -0.15) is 0 Å². The van der Waals surface area contributed by atoms with Crippen molar-refractivity contribution in [2.75, 3.05) is 0 Å². The van der Waals surface area contributed by atoms with Crippen LogP contribution in [-0.4, -0.2) is 14.7 Å². The minimum atomic E-state index is -0.491. The summed E-state index contributed by atoms with van der Waals surface area (Å²) in [6, 6.07) is 10.1. The number of aromatic amines is 1. The summed E-state index contributed by atoms with van der Waals surface area (Å²) in [6.45, 7) is 7.80. The Bertz CT molecular complexity index is 1090. The van der Waals surface area contributed by atoms with Gasteiger partial charge in [0.15, 0.2) is 0 Å². The van der Waals surface area contributed by atoms with Crippen molar-refractivity contribution in [2.45, 2.75) is 33.6 Å². The summed E-state index contributed by atoms with van der Waals surface area (Å²) in [5, 5.41) is 9.98. The highest BCUT2D eigenvalue weighted by atomic mass is 16.5. The van der Waals surface area contributed by atoms with Crippen LogP contribution in [0.2, 0.25) is 0 Å². The molecule has 0 amide bonds. The number of phenols is 1. The SMILES string of the molecule is Cc1cc(-n2ccc(=O)[nH]c2=O)cc(C)c1Oc1ccc(O)c(C(C)C)c1. The number of hydrogen-bond acceptors (Lipinski definition) is 4. The number of H-pyrrole nitrogens is 1. The lowest BCUT2D eigenvalue weighted by molar-refractivity contribution is 0.452. The van der Waals surface area contributed by atoms with Gasteiger partial charge in [0.05, 0.1) is 5.69 Å². The summed E-state index contributed by atoms with van der Waals surface area (Å²) < 4.78 is 7.45. The molecule has 2 N–H and O–H groups in total. The highest BCUT2D eigenvalue weighted by Gasteiger charge is 2.12. The molecular weight excluding hydrogens is 344 g/mol. The molecule has 0 unspecified atom stereocenters. The molecule has 0 radical (unpaired) electrons. The molecule has 0 aliphatic rings. The molecule has 6 nitrogen and oxygen atoms in total. The molecule has 0 aliphatic heterocycles. The molecule has 140 valence electrons. The number of nitrogens with zero attached hydrogens (tertiary/aromatic N) is 1. The molecule has 0 fully saturated rings. The molecule has 0 saturated heterocycles. The van der Waals surface area contributed by atoms with E-state index in [-0.39, 0.29) is 11.7 Å². The van der Waals surface area contributed by atoms with Crippen LogP contribution >= 0.6 is 0 Å². The molecular formula is C21H22N2O4. The van der Waals surface area contributed by atoms with E-state index >= 15 is 0 Å². The Morgan fingerprint density at radius 3 is 2.30 bits per heavy atom. The molecule has 2 aromatic carbocycles. The van der Waals surface area contributed by atoms with Crippen molar-refractivity contribution < 1.29 is 9.84 Å². The van der Waals surface area contributed by atoms with Crippen LogP contribution in [0.1, 0.15) is 36.5 Å². The maximum Gasteiger partial charge on any atom is 0.332 e. The number of hydrogen-bond donors (Lipinski definition) is 2. The van der Waals surface area contributed by atoms with Crippen LogP contribution in [0, 0.1) is 13.8 Å². The number of aromatic hydroxyl groups is 1. The maximum absolute atomic E-state index is 12.0. The highest BCUT2D eigenvalue weighted by Crippen LogP contribution is 2.34. The number of aromatic nitrogens is 2. The third kappa shape index (κ3) is 3.79. The maximum atomic E-state index is 12.0. The van der Waals surface area contributed by atoms with E-state index in [0.717, 1.165) is 16.7 Å². The highest BCUT2D eigenvalue weighted by molar-refractivity contribution is 5.51. The minimum absolute atomic E-state index is 0.172. The van der Waals surface area contributed by atoms with Crippen molar-refractivity contribution >= 4 is 0 Å². The second-order valence-corrected chi connectivity index (χ2v) is 6.87. The van der Waals surface area contributed by atoms with Crippen LogP contribution in [-0.2, 0) is 0 Å². The quantitative estimate of drug-likeness (QED) is 0.736. The normalized spacial score (nSPS) is 11.0. The number of phenolic OH excluding ortho intramolecular Hbond substituents is 1. The average Bonchev–Trinajstić information content (AvgIpc) is 2.59. The zero-order valence-corrected chi connectivity index (χ0v) is 15.7. The van der Waals surface area contributed by atoms with Gasteiger partial charge in [0, 0.05) is 17.8 Å². The number of aryl methyl sites for hydroxylation is 2. The average molecular weight is 366 g/mol.